The second-order valence-electron chi connectivity index (χ2n) is 1.64. The summed E-state index contributed by atoms with van der Waals surface area (Å²) in [6.07, 6.45) is 1.65. The van der Waals surface area contributed by atoms with Crippen LogP contribution < -0.4 is 10.7 Å². The fourth-order valence-corrected chi connectivity index (χ4v) is 0.547. The number of carbonyl (C=O) groups excluding carboxylic acids is 1. The summed E-state index contributed by atoms with van der Waals surface area (Å²) in [6, 6.07) is 5.16. The zero-order valence-electron chi connectivity index (χ0n) is 4.79. The number of amides is 1. The Hall–Kier alpha value is -1.38. The van der Waals surface area contributed by atoms with Gasteiger partial charge in [-0.15, -0.1) is 0 Å². The Bertz CT molecular complexity index is 208. The molecule has 1 rings (SSSR count). The van der Waals surface area contributed by atoms with Crippen molar-refractivity contribution in [3.63, 3.8) is 0 Å². The molecule has 0 saturated carbocycles. The summed E-state index contributed by atoms with van der Waals surface area (Å²) in [5.41, 5.74) is 5.37. The molecule has 0 aliphatic heterocycles. The van der Waals surface area contributed by atoms with Crippen LogP contribution in [0.4, 0.5) is 0 Å². The van der Waals surface area contributed by atoms with Gasteiger partial charge in [0.2, 0.25) is 0 Å². The predicted octanol–water partition coefficient (Wildman–Crippen LogP) is -0.400. The van der Waals surface area contributed by atoms with Crippen LogP contribution in [0.1, 0.15) is 10.5 Å². The highest BCUT2D eigenvalue weighted by Gasteiger charge is 2.03. The van der Waals surface area contributed by atoms with Gasteiger partial charge in [-0.2, -0.15) is 0 Å². The summed E-state index contributed by atoms with van der Waals surface area (Å²) in [7, 11) is 0. The summed E-state index contributed by atoms with van der Waals surface area (Å²) < 4.78 is 0. The Labute approximate surface area is 52.5 Å². The second kappa shape index (κ2) is 2.26. The molecule has 0 aromatic carbocycles. The normalized spacial score (nSPS) is 8.89. The molecule has 0 saturated heterocycles. The van der Waals surface area contributed by atoms with E-state index in [1.54, 1.807) is 24.4 Å². The summed E-state index contributed by atoms with van der Waals surface area (Å²) in [5.74, 6) is -0.435. The molecule has 0 fully saturated rings. The number of rotatable bonds is 1. The number of aromatic nitrogens is 1. The van der Waals surface area contributed by atoms with E-state index in [9.17, 15) is 4.79 Å². The van der Waals surface area contributed by atoms with Gasteiger partial charge in [-0.25, -0.2) is 4.98 Å². The third-order valence-corrected chi connectivity index (χ3v) is 0.975. The van der Waals surface area contributed by atoms with Crippen molar-refractivity contribution in [1.29, 1.82) is 0 Å². The van der Waals surface area contributed by atoms with Crippen molar-refractivity contribution in [1.82, 2.24) is 0 Å². The average Bonchev–Trinajstić information content (AvgIpc) is 1.90. The van der Waals surface area contributed by atoms with Gasteiger partial charge in [0, 0.05) is 12.1 Å². The van der Waals surface area contributed by atoms with Crippen LogP contribution in [0.25, 0.3) is 0 Å². The van der Waals surface area contributed by atoms with Crippen molar-refractivity contribution in [2.75, 3.05) is 0 Å². The van der Waals surface area contributed by atoms with E-state index < -0.39 is 5.91 Å². The fourth-order valence-electron chi connectivity index (χ4n) is 0.547. The highest BCUT2D eigenvalue weighted by molar-refractivity contribution is 5.88. The molecule has 0 bridgehead atoms. The number of nitrogens with two attached hydrogens (primary N) is 1. The Morgan fingerprint density at radius 3 is 2.67 bits per heavy atom. The molecule has 3 heteroatoms. The van der Waals surface area contributed by atoms with E-state index in [2.05, 4.69) is 4.98 Å². The van der Waals surface area contributed by atoms with E-state index in [0.29, 0.717) is 5.69 Å². The van der Waals surface area contributed by atoms with Crippen LogP contribution in [0.15, 0.2) is 24.4 Å². The minimum Gasteiger partial charge on any atom is -0.360 e. The molecule has 1 heterocycles. The first kappa shape index (κ1) is 5.75. The highest BCUT2D eigenvalue weighted by Crippen LogP contribution is 1.83. The molecule has 0 radical (unpaired) electrons. The average molecular weight is 123 g/mol. The van der Waals surface area contributed by atoms with Crippen LogP contribution in [0.3, 0.4) is 0 Å². The van der Waals surface area contributed by atoms with Gasteiger partial charge in [-0.1, -0.05) is 0 Å². The zero-order chi connectivity index (χ0) is 6.69. The summed E-state index contributed by atoms with van der Waals surface area (Å²) in [4.78, 5) is 13.1. The molecular formula is C6H7N2O+. The van der Waals surface area contributed by atoms with Crippen LogP contribution in [-0.4, -0.2) is 5.91 Å². The first-order valence-electron chi connectivity index (χ1n) is 2.57. The van der Waals surface area contributed by atoms with Gasteiger partial charge >= 0.3 is 5.91 Å². The smallest absolute Gasteiger partial charge is 0.313 e. The molecule has 3 N–H and O–H groups in total. The number of hydrogen-bond acceptors (Lipinski definition) is 1. The van der Waals surface area contributed by atoms with Crippen LogP contribution in [0, 0.1) is 0 Å². The third-order valence-electron chi connectivity index (χ3n) is 0.975. The van der Waals surface area contributed by atoms with Crippen molar-refractivity contribution in [2.24, 2.45) is 5.73 Å². The Morgan fingerprint density at radius 1 is 1.56 bits per heavy atom. The van der Waals surface area contributed by atoms with Crippen molar-refractivity contribution >= 4 is 5.91 Å². The maximum Gasteiger partial charge on any atom is 0.313 e. The lowest BCUT2D eigenvalue weighted by Gasteiger charge is -1.81. The number of primary amides is 1. The minimum atomic E-state index is -0.435. The van der Waals surface area contributed by atoms with Gasteiger partial charge in [-0.05, 0) is 6.07 Å². The van der Waals surface area contributed by atoms with Gasteiger partial charge in [0.05, 0.1) is 0 Å². The number of nitrogens with one attached hydrogen (secondary N) is 1. The molecule has 0 aliphatic rings. The van der Waals surface area contributed by atoms with E-state index >= 15 is 0 Å². The fraction of sp³-hybridized carbons (Fsp3) is 0. The number of hydrogen-bond donors (Lipinski definition) is 1. The summed E-state index contributed by atoms with van der Waals surface area (Å²) in [6.45, 7) is 0. The van der Waals surface area contributed by atoms with Crippen LogP contribution >= 0.6 is 0 Å². The Kier molecular flexibility index (Phi) is 1.44. The zero-order valence-corrected chi connectivity index (χ0v) is 4.79. The second-order valence-corrected chi connectivity index (χ2v) is 1.64. The highest BCUT2D eigenvalue weighted by atomic mass is 16.1. The van der Waals surface area contributed by atoms with E-state index in [4.69, 9.17) is 5.73 Å². The molecule has 1 aromatic rings. The van der Waals surface area contributed by atoms with Gasteiger partial charge in [0.15, 0.2) is 6.20 Å². The lowest BCUT2D eigenvalue weighted by molar-refractivity contribution is -0.381. The summed E-state index contributed by atoms with van der Waals surface area (Å²) >= 11 is 0. The number of aromatic amines is 1. The number of carbonyl (C=O) groups is 1. The van der Waals surface area contributed by atoms with Crippen LogP contribution in [0.5, 0.6) is 0 Å². The topological polar surface area (TPSA) is 57.2 Å². The van der Waals surface area contributed by atoms with Gasteiger partial charge < -0.3 is 5.73 Å². The van der Waals surface area contributed by atoms with Gasteiger partial charge in [-0.3, -0.25) is 4.79 Å². The van der Waals surface area contributed by atoms with E-state index in [1.165, 1.54) is 0 Å². The molecule has 1 amide bonds. The first-order chi connectivity index (χ1) is 4.30. The monoisotopic (exact) mass is 123 g/mol. The predicted molar refractivity (Wildman–Crippen MR) is 31.5 cm³/mol. The lowest BCUT2D eigenvalue weighted by atomic mass is 10.3. The SMILES string of the molecule is NC(=O)c1cccc[nH+]1. The molecule has 0 atom stereocenters. The first-order valence-corrected chi connectivity index (χ1v) is 2.57. The van der Waals surface area contributed by atoms with Crippen molar-refractivity contribution < 1.29 is 9.78 Å². The van der Waals surface area contributed by atoms with E-state index in [-0.39, 0.29) is 0 Å². The van der Waals surface area contributed by atoms with E-state index in [1.807, 2.05) is 0 Å². The molecule has 3 nitrogen and oxygen atoms in total. The molecule has 0 unspecified atom stereocenters. The molecule has 1 aromatic heterocycles. The van der Waals surface area contributed by atoms with E-state index in [0.717, 1.165) is 0 Å². The maximum atomic E-state index is 10.4. The van der Waals surface area contributed by atoms with Crippen LogP contribution in [0.2, 0.25) is 0 Å². The molecule has 0 aliphatic carbocycles. The van der Waals surface area contributed by atoms with Gasteiger partial charge in [0.25, 0.3) is 5.69 Å². The maximum absolute atomic E-state index is 10.4. The summed E-state index contributed by atoms with van der Waals surface area (Å²) in [5, 5.41) is 0. The quantitative estimate of drug-likeness (QED) is 0.542. The molecule has 46 valence electrons. The molecule has 0 spiro atoms. The van der Waals surface area contributed by atoms with Crippen molar-refractivity contribution in [2.45, 2.75) is 0 Å². The molecular weight excluding hydrogens is 116 g/mol. The lowest BCUT2D eigenvalue weighted by Crippen LogP contribution is -2.22. The number of H-pyrrole nitrogens is 1. The van der Waals surface area contributed by atoms with Crippen LogP contribution in [-0.2, 0) is 0 Å². The van der Waals surface area contributed by atoms with Crippen molar-refractivity contribution in [3.8, 4) is 0 Å². The van der Waals surface area contributed by atoms with Gasteiger partial charge in [0.1, 0.15) is 0 Å². The standard InChI is InChI=1S/C6H6N2O/c7-6(9)5-3-1-2-4-8-5/h1-4H,(H2,7,9)/p+1. The number of pyridine rings is 1. The molecule has 9 heavy (non-hydrogen) atoms. The minimum absolute atomic E-state index is 0.428. The Morgan fingerprint density at radius 2 is 2.33 bits per heavy atom. The van der Waals surface area contributed by atoms with Crippen molar-refractivity contribution in [3.05, 3.63) is 30.1 Å². The third kappa shape index (κ3) is 1.25. The Balaban J connectivity index is 2.98. The largest absolute Gasteiger partial charge is 0.360 e.